The number of benzene rings is 1. The molecule has 0 aliphatic carbocycles. The number of carbonyl (C=O) groups is 1. The van der Waals surface area contributed by atoms with Crippen LogP contribution in [0.4, 0.5) is 10.5 Å². The van der Waals surface area contributed by atoms with E-state index in [9.17, 15) is 4.79 Å². The van der Waals surface area contributed by atoms with E-state index in [2.05, 4.69) is 22.3 Å². The molecule has 136 valence electrons. The van der Waals surface area contributed by atoms with Crippen LogP contribution in [-0.2, 0) is 13.1 Å². The minimum Gasteiger partial charge on any atom is -0.467 e. The Labute approximate surface area is 152 Å². The lowest BCUT2D eigenvalue weighted by Gasteiger charge is -2.22. The van der Waals surface area contributed by atoms with Crippen LogP contribution in [0.25, 0.3) is 0 Å². The minimum atomic E-state index is -0.132. The highest BCUT2D eigenvalue weighted by atomic mass is 16.3. The van der Waals surface area contributed by atoms with Gasteiger partial charge in [-0.15, -0.1) is 0 Å². The maximum absolute atomic E-state index is 12.7. The van der Waals surface area contributed by atoms with Gasteiger partial charge in [0.15, 0.2) is 0 Å². The number of carbonyl (C=O) groups excluding carboxylic acids is 1. The van der Waals surface area contributed by atoms with E-state index in [4.69, 9.17) is 4.42 Å². The van der Waals surface area contributed by atoms with Gasteiger partial charge in [0.1, 0.15) is 18.4 Å². The highest BCUT2D eigenvalue weighted by Crippen LogP contribution is 2.14. The molecule has 0 spiro atoms. The molecule has 2 amide bonds. The Morgan fingerprint density at radius 2 is 2.23 bits per heavy atom. The second-order valence-corrected chi connectivity index (χ2v) is 6.08. The van der Waals surface area contributed by atoms with Gasteiger partial charge in [0, 0.05) is 12.2 Å². The molecule has 0 aliphatic heterocycles. The van der Waals surface area contributed by atoms with Crippen molar-refractivity contribution in [3.05, 3.63) is 66.6 Å². The molecule has 1 aromatic carbocycles. The molecule has 0 saturated carbocycles. The minimum absolute atomic E-state index is 0.132. The highest BCUT2D eigenvalue weighted by Gasteiger charge is 2.15. The summed E-state index contributed by atoms with van der Waals surface area (Å²) >= 11 is 0. The summed E-state index contributed by atoms with van der Waals surface area (Å²) in [6.07, 6.45) is 6.77. The lowest BCUT2D eigenvalue weighted by atomic mass is 10.2. The largest absolute Gasteiger partial charge is 0.467 e. The fourth-order valence-electron chi connectivity index (χ4n) is 2.64. The molecular formula is C19H23N5O2. The van der Waals surface area contributed by atoms with Crippen molar-refractivity contribution in [2.75, 3.05) is 11.9 Å². The first-order chi connectivity index (χ1) is 12.7. The summed E-state index contributed by atoms with van der Waals surface area (Å²) in [5.74, 6) is 0.774. The van der Waals surface area contributed by atoms with Crippen molar-refractivity contribution in [3.63, 3.8) is 0 Å². The van der Waals surface area contributed by atoms with E-state index in [1.54, 1.807) is 22.2 Å². The summed E-state index contributed by atoms with van der Waals surface area (Å²) in [5, 5.41) is 7.09. The summed E-state index contributed by atoms with van der Waals surface area (Å²) < 4.78 is 7.13. The lowest BCUT2D eigenvalue weighted by molar-refractivity contribution is 0.203. The molecule has 2 heterocycles. The van der Waals surface area contributed by atoms with Crippen LogP contribution in [-0.4, -0.2) is 32.2 Å². The van der Waals surface area contributed by atoms with Gasteiger partial charge in [-0.2, -0.15) is 5.10 Å². The van der Waals surface area contributed by atoms with Crippen molar-refractivity contribution < 1.29 is 9.21 Å². The van der Waals surface area contributed by atoms with Crippen LogP contribution in [0.3, 0.4) is 0 Å². The number of aromatic nitrogens is 3. The maximum Gasteiger partial charge on any atom is 0.322 e. The van der Waals surface area contributed by atoms with Gasteiger partial charge in [-0.3, -0.25) is 0 Å². The van der Waals surface area contributed by atoms with E-state index in [1.807, 2.05) is 36.4 Å². The Kier molecular flexibility index (Phi) is 6.03. The number of amides is 2. The van der Waals surface area contributed by atoms with Crippen molar-refractivity contribution in [2.24, 2.45) is 0 Å². The third-order valence-electron chi connectivity index (χ3n) is 3.98. The molecule has 0 unspecified atom stereocenters. The van der Waals surface area contributed by atoms with Crippen molar-refractivity contribution in [1.29, 1.82) is 0 Å². The zero-order chi connectivity index (χ0) is 18.2. The van der Waals surface area contributed by atoms with Gasteiger partial charge >= 0.3 is 6.03 Å². The fourth-order valence-corrected chi connectivity index (χ4v) is 2.64. The van der Waals surface area contributed by atoms with Gasteiger partial charge in [0.25, 0.3) is 0 Å². The van der Waals surface area contributed by atoms with Crippen molar-refractivity contribution in [1.82, 2.24) is 19.7 Å². The SMILES string of the molecule is CCCCN(Cc1ccco1)C(=O)Nc1cccc(Cn2cncn2)c1. The number of furan rings is 1. The number of hydrogen-bond donors (Lipinski definition) is 1. The number of nitrogens with zero attached hydrogens (tertiary/aromatic N) is 4. The van der Waals surface area contributed by atoms with Gasteiger partial charge in [0.2, 0.25) is 0 Å². The number of anilines is 1. The molecular weight excluding hydrogens is 330 g/mol. The molecule has 3 aromatic rings. The standard InChI is InChI=1S/C19H23N5O2/c1-2-3-9-23(13-18-8-5-10-26-18)19(25)22-17-7-4-6-16(11-17)12-24-15-20-14-21-24/h4-8,10-11,14-15H,2-3,9,12-13H2,1H3,(H,22,25). The quantitative estimate of drug-likeness (QED) is 0.669. The average Bonchev–Trinajstić information content (AvgIpc) is 3.33. The second-order valence-electron chi connectivity index (χ2n) is 6.08. The Hall–Kier alpha value is -3.09. The van der Waals surface area contributed by atoms with Gasteiger partial charge in [-0.05, 0) is 36.2 Å². The van der Waals surface area contributed by atoms with Crippen LogP contribution in [0, 0.1) is 0 Å². The molecule has 7 nitrogen and oxygen atoms in total. The zero-order valence-electron chi connectivity index (χ0n) is 14.8. The topological polar surface area (TPSA) is 76.2 Å². The van der Waals surface area contributed by atoms with Gasteiger partial charge in [-0.1, -0.05) is 25.5 Å². The number of unbranched alkanes of at least 4 members (excludes halogenated alkanes) is 1. The molecule has 0 aliphatic rings. The first-order valence-electron chi connectivity index (χ1n) is 8.74. The van der Waals surface area contributed by atoms with Crippen molar-refractivity contribution in [3.8, 4) is 0 Å². The van der Waals surface area contributed by atoms with Crippen LogP contribution < -0.4 is 5.32 Å². The van der Waals surface area contributed by atoms with Crippen LogP contribution in [0.1, 0.15) is 31.1 Å². The molecule has 1 N–H and O–H groups in total. The van der Waals surface area contributed by atoms with Gasteiger partial charge in [0.05, 0.1) is 19.4 Å². The predicted octanol–water partition coefficient (Wildman–Crippen LogP) is 3.75. The van der Waals surface area contributed by atoms with E-state index >= 15 is 0 Å². The molecule has 0 radical (unpaired) electrons. The Morgan fingerprint density at radius 3 is 2.96 bits per heavy atom. The Morgan fingerprint density at radius 1 is 1.31 bits per heavy atom. The van der Waals surface area contributed by atoms with E-state index in [0.29, 0.717) is 19.6 Å². The first kappa shape index (κ1) is 17.7. The fraction of sp³-hybridized carbons (Fsp3) is 0.316. The van der Waals surface area contributed by atoms with Gasteiger partial charge < -0.3 is 14.6 Å². The van der Waals surface area contributed by atoms with Crippen LogP contribution >= 0.6 is 0 Å². The monoisotopic (exact) mass is 353 g/mol. The van der Waals surface area contributed by atoms with Crippen LogP contribution in [0.5, 0.6) is 0 Å². The average molecular weight is 353 g/mol. The van der Waals surface area contributed by atoms with Crippen LogP contribution in [0.2, 0.25) is 0 Å². The van der Waals surface area contributed by atoms with E-state index in [-0.39, 0.29) is 6.03 Å². The summed E-state index contributed by atoms with van der Waals surface area (Å²) in [5.41, 5.74) is 1.80. The number of hydrogen-bond acceptors (Lipinski definition) is 4. The molecule has 7 heteroatoms. The van der Waals surface area contributed by atoms with E-state index in [0.717, 1.165) is 29.9 Å². The molecule has 3 rings (SSSR count). The van der Waals surface area contributed by atoms with E-state index in [1.165, 1.54) is 6.33 Å². The van der Waals surface area contributed by atoms with E-state index < -0.39 is 0 Å². The van der Waals surface area contributed by atoms with Crippen molar-refractivity contribution >= 4 is 11.7 Å². The lowest BCUT2D eigenvalue weighted by Crippen LogP contribution is -2.35. The Bertz CT molecular complexity index is 799. The van der Waals surface area contributed by atoms with Crippen molar-refractivity contribution in [2.45, 2.75) is 32.9 Å². The molecule has 0 saturated heterocycles. The number of rotatable bonds is 8. The molecule has 0 bridgehead atoms. The smallest absolute Gasteiger partial charge is 0.322 e. The molecule has 2 aromatic heterocycles. The molecule has 26 heavy (non-hydrogen) atoms. The third kappa shape index (κ3) is 4.95. The summed E-state index contributed by atoms with van der Waals surface area (Å²) in [4.78, 5) is 18.4. The van der Waals surface area contributed by atoms with Gasteiger partial charge in [-0.25, -0.2) is 14.5 Å². The zero-order valence-corrected chi connectivity index (χ0v) is 14.8. The Balaban J connectivity index is 1.65. The molecule has 0 atom stereocenters. The second kappa shape index (κ2) is 8.84. The predicted molar refractivity (Wildman–Crippen MR) is 98.6 cm³/mol. The highest BCUT2D eigenvalue weighted by molar-refractivity contribution is 5.89. The first-order valence-corrected chi connectivity index (χ1v) is 8.74. The maximum atomic E-state index is 12.7. The van der Waals surface area contributed by atoms with Crippen LogP contribution in [0.15, 0.2) is 59.7 Å². The number of nitrogens with one attached hydrogen (secondary N) is 1. The summed E-state index contributed by atoms with van der Waals surface area (Å²) in [6.45, 7) is 3.85. The number of urea groups is 1. The summed E-state index contributed by atoms with van der Waals surface area (Å²) in [6, 6.07) is 11.3. The third-order valence-corrected chi connectivity index (χ3v) is 3.98. The normalized spacial score (nSPS) is 10.7. The summed E-state index contributed by atoms with van der Waals surface area (Å²) in [7, 11) is 0. The molecule has 0 fully saturated rings.